The molecule has 134 valence electrons. The van der Waals surface area contributed by atoms with E-state index < -0.39 is 6.04 Å². The molecule has 1 unspecified atom stereocenters. The molecule has 1 atom stereocenters. The predicted octanol–water partition coefficient (Wildman–Crippen LogP) is 4.49. The van der Waals surface area contributed by atoms with E-state index in [4.69, 9.17) is 9.47 Å². The highest BCUT2D eigenvalue weighted by molar-refractivity contribution is 14.1. The van der Waals surface area contributed by atoms with Crippen molar-refractivity contribution < 1.29 is 14.3 Å². The molecule has 0 aliphatic heterocycles. The summed E-state index contributed by atoms with van der Waals surface area (Å²) in [5.74, 6) is 1.80. The summed E-state index contributed by atoms with van der Waals surface area (Å²) in [7, 11) is 1.59. The van der Waals surface area contributed by atoms with Crippen molar-refractivity contribution in [2.75, 3.05) is 12.4 Å². The molecule has 1 aromatic heterocycles. The van der Waals surface area contributed by atoms with E-state index >= 15 is 0 Å². The maximum absolute atomic E-state index is 12.5. The lowest BCUT2D eigenvalue weighted by molar-refractivity contribution is -0.119. The molecule has 3 rings (SSSR count). The van der Waals surface area contributed by atoms with Crippen LogP contribution in [0.1, 0.15) is 13.0 Å². The quantitative estimate of drug-likeness (QED) is 0.548. The highest BCUT2D eigenvalue weighted by Crippen LogP contribution is 2.23. The highest BCUT2D eigenvalue weighted by atomic mass is 127. The van der Waals surface area contributed by atoms with E-state index in [-0.39, 0.29) is 5.91 Å². The summed E-state index contributed by atoms with van der Waals surface area (Å²) < 4.78 is 13.6. The van der Waals surface area contributed by atoms with Crippen molar-refractivity contribution in [3.05, 3.63) is 64.5 Å². The average Bonchev–Trinajstić information content (AvgIpc) is 3.11. The van der Waals surface area contributed by atoms with Gasteiger partial charge in [0.15, 0.2) is 5.75 Å². The maximum atomic E-state index is 12.5. The Morgan fingerprint density at radius 1 is 1.15 bits per heavy atom. The van der Waals surface area contributed by atoms with Gasteiger partial charge in [0, 0.05) is 15.3 Å². The normalized spacial score (nSPS) is 11.7. The minimum absolute atomic E-state index is 0.179. The van der Waals surface area contributed by atoms with Crippen LogP contribution in [0.4, 0.5) is 5.69 Å². The van der Waals surface area contributed by atoms with E-state index in [9.17, 15) is 4.79 Å². The average molecular weight is 463 g/mol. The van der Waals surface area contributed by atoms with Crippen LogP contribution < -0.4 is 14.8 Å². The molecule has 2 aromatic carbocycles. The van der Waals surface area contributed by atoms with Gasteiger partial charge in [-0.05, 0) is 65.9 Å². The Kier molecular flexibility index (Phi) is 5.77. The highest BCUT2D eigenvalue weighted by Gasteiger charge is 2.17. The van der Waals surface area contributed by atoms with E-state index in [0.717, 1.165) is 9.32 Å². The minimum atomic E-state index is -0.490. The summed E-state index contributed by atoms with van der Waals surface area (Å²) in [5, 5.41) is 7.09. The van der Waals surface area contributed by atoms with Crippen LogP contribution in [0, 0.1) is 3.57 Å². The molecule has 0 fully saturated rings. The number of hydrogen-bond acceptors (Lipinski definition) is 4. The molecule has 1 amide bonds. The van der Waals surface area contributed by atoms with Crippen molar-refractivity contribution in [2.45, 2.75) is 13.0 Å². The van der Waals surface area contributed by atoms with Crippen molar-refractivity contribution >= 4 is 34.2 Å². The Bertz CT molecular complexity index is 893. The van der Waals surface area contributed by atoms with Gasteiger partial charge in [-0.15, -0.1) is 0 Å². The molecule has 7 heteroatoms. The van der Waals surface area contributed by atoms with Gasteiger partial charge in [0.2, 0.25) is 5.91 Å². The zero-order valence-corrected chi connectivity index (χ0v) is 16.5. The number of amides is 1. The van der Waals surface area contributed by atoms with E-state index in [1.165, 1.54) is 0 Å². The first-order valence-electron chi connectivity index (χ1n) is 7.97. The Hall–Kier alpha value is -2.55. The second kappa shape index (κ2) is 8.22. The van der Waals surface area contributed by atoms with Crippen LogP contribution in [0.5, 0.6) is 17.2 Å². The third kappa shape index (κ3) is 4.54. The lowest BCUT2D eigenvalue weighted by Crippen LogP contribution is -2.23. The van der Waals surface area contributed by atoms with Gasteiger partial charge in [0.05, 0.1) is 19.5 Å². The third-order valence-electron chi connectivity index (χ3n) is 3.74. The smallest absolute Gasteiger partial charge is 0.248 e. The topological polar surface area (TPSA) is 65.4 Å². The molecule has 0 aliphatic carbocycles. The second-order valence-electron chi connectivity index (χ2n) is 5.61. The van der Waals surface area contributed by atoms with Gasteiger partial charge < -0.3 is 14.8 Å². The van der Waals surface area contributed by atoms with Crippen LogP contribution in [0.25, 0.3) is 0 Å². The number of aromatic nitrogens is 2. The van der Waals surface area contributed by atoms with Crippen LogP contribution in [0.15, 0.2) is 60.9 Å². The van der Waals surface area contributed by atoms with Crippen molar-refractivity contribution in [2.24, 2.45) is 0 Å². The fourth-order valence-corrected chi connectivity index (χ4v) is 2.65. The first-order chi connectivity index (χ1) is 12.5. The number of ether oxygens (including phenoxy) is 2. The fourth-order valence-electron chi connectivity index (χ4n) is 2.29. The van der Waals surface area contributed by atoms with Crippen LogP contribution in [-0.2, 0) is 4.79 Å². The molecule has 6 nitrogen and oxygen atoms in total. The van der Waals surface area contributed by atoms with E-state index in [1.54, 1.807) is 37.2 Å². The van der Waals surface area contributed by atoms with Gasteiger partial charge in [-0.3, -0.25) is 9.48 Å². The molecule has 0 saturated heterocycles. The molecular weight excluding hydrogens is 445 g/mol. The van der Waals surface area contributed by atoms with Gasteiger partial charge in [-0.25, -0.2) is 0 Å². The summed E-state index contributed by atoms with van der Waals surface area (Å²) in [6.45, 7) is 1.77. The van der Waals surface area contributed by atoms with Gasteiger partial charge in [0.1, 0.15) is 17.5 Å². The third-order valence-corrected chi connectivity index (χ3v) is 4.46. The first-order valence-corrected chi connectivity index (χ1v) is 9.05. The van der Waals surface area contributed by atoms with E-state index in [1.807, 2.05) is 42.5 Å². The Morgan fingerprint density at radius 2 is 1.92 bits per heavy atom. The molecule has 26 heavy (non-hydrogen) atoms. The summed E-state index contributed by atoms with van der Waals surface area (Å²) in [4.78, 5) is 12.5. The van der Waals surface area contributed by atoms with Gasteiger partial charge in [0.25, 0.3) is 0 Å². The lowest BCUT2D eigenvalue weighted by atomic mass is 10.2. The van der Waals surface area contributed by atoms with Gasteiger partial charge >= 0.3 is 0 Å². The van der Waals surface area contributed by atoms with Crippen LogP contribution in [0.3, 0.4) is 0 Å². The molecule has 0 aliphatic rings. The number of carbonyl (C=O) groups excluding carboxylic acids is 1. The molecule has 1 N–H and O–H groups in total. The summed E-state index contributed by atoms with van der Waals surface area (Å²) in [5.41, 5.74) is 0.670. The number of hydrogen-bond donors (Lipinski definition) is 1. The lowest BCUT2D eigenvalue weighted by Gasteiger charge is -2.13. The van der Waals surface area contributed by atoms with Crippen molar-refractivity contribution in [3.63, 3.8) is 0 Å². The second-order valence-corrected chi connectivity index (χ2v) is 6.85. The van der Waals surface area contributed by atoms with Crippen LogP contribution in [-0.4, -0.2) is 22.8 Å². The molecular formula is C19H18IN3O3. The van der Waals surface area contributed by atoms with Gasteiger partial charge in [-0.1, -0.05) is 6.07 Å². The zero-order chi connectivity index (χ0) is 18.5. The number of carbonyl (C=O) groups is 1. The van der Waals surface area contributed by atoms with Crippen molar-refractivity contribution in [1.29, 1.82) is 0 Å². The number of nitrogens with one attached hydrogen (secondary N) is 1. The largest absolute Gasteiger partial charge is 0.497 e. The monoisotopic (exact) mass is 463 g/mol. The molecule has 0 spiro atoms. The van der Waals surface area contributed by atoms with E-state index in [2.05, 4.69) is 33.0 Å². The van der Waals surface area contributed by atoms with Crippen molar-refractivity contribution in [1.82, 2.24) is 9.78 Å². The number of anilines is 1. The van der Waals surface area contributed by atoms with Crippen LogP contribution in [0.2, 0.25) is 0 Å². The Morgan fingerprint density at radius 3 is 2.65 bits per heavy atom. The number of rotatable bonds is 6. The fraction of sp³-hybridized carbons (Fsp3) is 0.158. The molecule has 3 aromatic rings. The Balaban J connectivity index is 1.65. The minimum Gasteiger partial charge on any atom is -0.497 e. The zero-order valence-electron chi connectivity index (χ0n) is 14.3. The maximum Gasteiger partial charge on any atom is 0.248 e. The molecule has 0 saturated carbocycles. The number of halogens is 1. The molecule has 0 radical (unpaired) electrons. The number of benzene rings is 2. The summed E-state index contributed by atoms with van der Waals surface area (Å²) in [6.07, 6.45) is 3.29. The van der Waals surface area contributed by atoms with Gasteiger partial charge in [-0.2, -0.15) is 5.10 Å². The standard InChI is InChI=1S/C19H18IN3O3/c1-13(19(24)22-15-4-3-5-17(10-15)25-2)23-12-18(11-21-23)26-16-8-6-14(20)7-9-16/h3-13H,1-2H3,(H,22,24). The Labute approximate surface area is 165 Å². The van der Waals surface area contributed by atoms with Crippen molar-refractivity contribution in [3.8, 4) is 17.2 Å². The molecule has 1 heterocycles. The SMILES string of the molecule is COc1cccc(NC(=O)C(C)n2cc(Oc3ccc(I)cc3)cn2)c1. The number of methoxy groups -OCH3 is 1. The van der Waals surface area contributed by atoms with Crippen LogP contribution >= 0.6 is 22.6 Å². The first kappa shape index (κ1) is 18.2. The summed E-state index contributed by atoms with van der Waals surface area (Å²) >= 11 is 2.24. The van der Waals surface area contributed by atoms with E-state index in [0.29, 0.717) is 17.2 Å². The summed E-state index contributed by atoms with van der Waals surface area (Å²) in [6, 6.07) is 14.4. The molecule has 0 bridgehead atoms. The number of nitrogens with zero attached hydrogens (tertiary/aromatic N) is 2. The predicted molar refractivity (Wildman–Crippen MR) is 108 cm³/mol.